The van der Waals surface area contributed by atoms with E-state index in [0.29, 0.717) is 6.42 Å². The molecule has 12 heavy (non-hydrogen) atoms. The van der Waals surface area contributed by atoms with E-state index >= 15 is 0 Å². The Kier molecular flexibility index (Phi) is 3.37. The first kappa shape index (κ1) is 9.83. The molecule has 0 aromatic carbocycles. The maximum Gasteiger partial charge on any atom is 0.303 e. The lowest BCUT2D eigenvalue weighted by Gasteiger charge is -2.15. The fourth-order valence-corrected chi connectivity index (χ4v) is 2.67. The summed E-state index contributed by atoms with van der Waals surface area (Å²) < 4.78 is 0. The zero-order valence-corrected chi connectivity index (χ0v) is 7.59. The highest BCUT2D eigenvalue weighted by atomic mass is 32.2. The van der Waals surface area contributed by atoms with Crippen molar-refractivity contribution >= 4 is 17.7 Å². The molecule has 1 saturated heterocycles. The molecule has 0 spiro atoms. The van der Waals surface area contributed by atoms with Crippen LogP contribution in [0, 0.1) is 0 Å². The summed E-state index contributed by atoms with van der Waals surface area (Å²) in [6, 6.07) is 0.00291. The largest absolute Gasteiger partial charge is 0.481 e. The normalized spacial score (nSPS) is 35.3. The van der Waals surface area contributed by atoms with E-state index in [9.17, 15) is 4.79 Å². The number of thioether (sulfide) groups is 1. The minimum absolute atomic E-state index is 0.0330. The van der Waals surface area contributed by atoms with Gasteiger partial charge in [0.2, 0.25) is 0 Å². The number of carbonyl (C=O) groups is 1. The highest BCUT2D eigenvalue weighted by molar-refractivity contribution is 8.00. The molecule has 3 atom stereocenters. The molecule has 0 bridgehead atoms. The summed E-state index contributed by atoms with van der Waals surface area (Å²) in [6.45, 7) is 0. The van der Waals surface area contributed by atoms with E-state index in [1.165, 1.54) is 0 Å². The third-order valence-electron chi connectivity index (χ3n) is 2.07. The van der Waals surface area contributed by atoms with Gasteiger partial charge >= 0.3 is 5.97 Å². The number of hydrogen-bond donors (Lipinski definition) is 3. The molecule has 4 nitrogen and oxygen atoms in total. The molecular weight excluding hydrogens is 176 g/mol. The smallest absolute Gasteiger partial charge is 0.303 e. The van der Waals surface area contributed by atoms with Crippen molar-refractivity contribution in [2.45, 2.75) is 30.2 Å². The first-order valence-corrected chi connectivity index (χ1v) is 5.00. The van der Waals surface area contributed by atoms with Gasteiger partial charge in [-0.25, -0.2) is 0 Å². The van der Waals surface area contributed by atoms with Crippen molar-refractivity contribution in [3.63, 3.8) is 0 Å². The molecule has 5 heteroatoms. The van der Waals surface area contributed by atoms with Gasteiger partial charge in [-0.3, -0.25) is 4.79 Å². The number of nitrogens with two attached hydrogens (primary N) is 2. The van der Waals surface area contributed by atoms with E-state index in [4.69, 9.17) is 16.6 Å². The summed E-state index contributed by atoms with van der Waals surface area (Å²) in [5.74, 6) is 0.0918. The average molecular weight is 190 g/mol. The molecule has 1 aliphatic heterocycles. The number of rotatable bonds is 3. The van der Waals surface area contributed by atoms with Gasteiger partial charge in [-0.15, -0.1) is 0 Å². The second-order valence-electron chi connectivity index (χ2n) is 3.05. The van der Waals surface area contributed by atoms with Gasteiger partial charge in [0.1, 0.15) is 0 Å². The Morgan fingerprint density at radius 2 is 2.25 bits per heavy atom. The van der Waals surface area contributed by atoms with Gasteiger partial charge in [-0.1, -0.05) is 0 Å². The minimum Gasteiger partial charge on any atom is -0.481 e. The predicted molar refractivity (Wildman–Crippen MR) is 49.1 cm³/mol. The van der Waals surface area contributed by atoms with E-state index in [1.807, 2.05) is 0 Å². The molecule has 5 N–H and O–H groups in total. The van der Waals surface area contributed by atoms with Gasteiger partial charge in [0.15, 0.2) is 0 Å². The number of aliphatic carboxylic acids is 1. The zero-order chi connectivity index (χ0) is 9.14. The van der Waals surface area contributed by atoms with E-state index in [-0.39, 0.29) is 23.8 Å². The van der Waals surface area contributed by atoms with Crippen molar-refractivity contribution in [1.29, 1.82) is 0 Å². The van der Waals surface area contributed by atoms with E-state index in [2.05, 4.69) is 0 Å². The van der Waals surface area contributed by atoms with Crippen LogP contribution in [0.25, 0.3) is 0 Å². The number of hydrogen-bond acceptors (Lipinski definition) is 4. The Labute approximate surface area is 75.7 Å². The predicted octanol–water partition coefficient (Wildman–Crippen LogP) is -0.379. The Morgan fingerprint density at radius 1 is 1.58 bits per heavy atom. The maximum atomic E-state index is 10.3. The summed E-state index contributed by atoms with van der Waals surface area (Å²) in [6.07, 6.45) is 0.826. The molecule has 0 aromatic heterocycles. The second-order valence-corrected chi connectivity index (χ2v) is 4.32. The van der Waals surface area contributed by atoms with Crippen LogP contribution in [0.3, 0.4) is 0 Å². The number of carboxylic acid groups (broad SMARTS) is 1. The van der Waals surface area contributed by atoms with Gasteiger partial charge < -0.3 is 16.6 Å². The molecule has 0 aliphatic carbocycles. The monoisotopic (exact) mass is 190 g/mol. The third-order valence-corrected chi connectivity index (χ3v) is 3.62. The molecule has 70 valence electrons. The van der Waals surface area contributed by atoms with Crippen LogP contribution < -0.4 is 11.5 Å². The van der Waals surface area contributed by atoms with E-state index < -0.39 is 5.97 Å². The van der Waals surface area contributed by atoms with Crippen molar-refractivity contribution in [3.05, 3.63) is 0 Å². The number of carboxylic acids is 1. The van der Waals surface area contributed by atoms with E-state index in [0.717, 1.165) is 5.75 Å². The Balaban J connectivity index is 2.29. The first-order chi connectivity index (χ1) is 5.61. The average Bonchev–Trinajstić information content (AvgIpc) is 2.30. The van der Waals surface area contributed by atoms with Crippen molar-refractivity contribution in [3.8, 4) is 0 Å². The molecule has 0 amide bonds. The van der Waals surface area contributed by atoms with Crippen molar-refractivity contribution in [2.75, 3.05) is 5.75 Å². The van der Waals surface area contributed by atoms with Crippen LogP contribution in [-0.2, 0) is 4.79 Å². The lowest BCUT2D eigenvalue weighted by Crippen LogP contribution is -2.43. The summed E-state index contributed by atoms with van der Waals surface area (Å²) in [5, 5.41) is 8.68. The molecule has 1 rings (SSSR count). The fourth-order valence-electron chi connectivity index (χ4n) is 1.27. The summed E-state index contributed by atoms with van der Waals surface area (Å²) in [5.41, 5.74) is 11.5. The molecule has 1 aliphatic rings. The van der Waals surface area contributed by atoms with Crippen LogP contribution in [0.2, 0.25) is 0 Å². The van der Waals surface area contributed by atoms with Gasteiger partial charge in [0.25, 0.3) is 0 Å². The lowest BCUT2D eigenvalue weighted by atomic mass is 10.0. The Bertz CT molecular complexity index is 177. The SMILES string of the molecule is N[C@@H]1[C@H](CCC(=O)O)SC[C@@H]1N. The van der Waals surface area contributed by atoms with Crippen LogP contribution in [0.15, 0.2) is 0 Å². The van der Waals surface area contributed by atoms with Crippen LogP contribution >= 0.6 is 11.8 Å². The molecule has 1 fully saturated rings. The van der Waals surface area contributed by atoms with E-state index in [1.54, 1.807) is 11.8 Å². The maximum absolute atomic E-state index is 10.3. The summed E-state index contributed by atoms with van der Waals surface area (Å²) in [7, 11) is 0. The Hall–Kier alpha value is -0.260. The van der Waals surface area contributed by atoms with Gasteiger partial charge in [0, 0.05) is 29.5 Å². The molecule has 0 unspecified atom stereocenters. The molecular formula is C7H14N2O2S. The highest BCUT2D eigenvalue weighted by Crippen LogP contribution is 2.28. The van der Waals surface area contributed by atoms with Crippen molar-refractivity contribution in [2.24, 2.45) is 11.5 Å². The standard InChI is InChI=1S/C7H14N2O2S/c8-4-3-12-5(7(4)9)1-2-6(10)11/h4-5,7H,1-3,8-9H2,(H,10,11)/t4-,5-,7-/m0/s1. The molecule has 0 aromatic rings. The third kappa shape index (κ3) is 2.36. The summed E-state index contributed by atoms with van der Waals surface area (Å²) in [4.78, 5) is 10.3. The van der Waals surface area contributed by atoms with Crippen molar-refractivity contribution < 1.29 is 9.90 Å². The van der Waals surface area contributed by atoms with Gasteiger partial charge in [-0.05, 0) is 6.42 Å². The fraction of sp³-hybridized carbons (Fsp3) is 0.857. The highest BCUT2D eigenvalue weighted by Gasteiger charge is 2.31. The lowest BCUT2D eigenvalue weighted by molar-refractivity contribution is -0.137. The van der Waals surface area contributed by atoms with Crippen LogP contribution in [-0.4, -0.2) is 34.2 Å². The minimum atomic E-state index is -0.761. The van der Waals surface area contributed by atoms with Crippen LogP contribution in [0.4, 0.5) is 0 Å². The van der Waals surface area contributed by atoms with Crippen LogP contribution in [0.1, 0.15) is 12.8 Å². The van der Waals surface area contributed by atoms with Crippen LogP contribution in [0.5, 0.6) is 0 Å². The van der Waals surface area contributed by atoms with Gasteiger partial charge in [-0.2, -0.15) is 11.8 Å². The second kappa shape index (κ2) is 4.11. The quantitative estimate of drug-likeness (QED) is 0.564. The topological polar surface area (TPSA) is 89.3 Å². The molecule has 1 heterocycles. The van der Waals surface area contributed by atoms with Gasteiger partial charge in [0.05, 0.1) is 0 Å². The zero-order valence-electron chi connectivity index (χ0n) is 6.77. The molecule has 0 radical (unpaired) electrons. The summed E-state index contributed by atoms with van der Waals surface area (Å²) >= 11 is 1.69. The first-order valence-electron chi connectivity index (χ1n) is 3.96. The van der Waals surface area contributed by atoms with Crippen molar-refractivity contribution in [1.82, 2.24) is 0 Å². The molecule has 0 saturated carbocycles. The Morgan fingerprint density at radius 3 is 2.67 bits per heavy atom.